The minimum absolute atomic E-state index is 0.263. The summed E-state index contributed by atoms with van der Waals surface area (Å²) in [7, 11) is 0. The van der Waals surface area contributed by atoms with Crippen LogP contribution in [0.5, 0.6) is 0 Å². The van der Waals surface area contributed by atoms with Crippen molar-refractivity contribution in [1.29, 1.82) is 5.26 Å². The van der Waals surface area contributed by atoms with Crippen molar-refractivity contribution in [3.63, 3.8) is 0 Å². The Balaban J connectivity index is 2.13. The van der Waals surface area contributed by atoms with E-state index in [4.69, 9.17) is 0 Å². The molecular formula is C19H34N2OS. The number of nitrogens with zero attached hydrogens (tertiary/aromatic N) is 1. The van der Waals surface area contributed by atoms with E-state index in [2.05, 4.69) is 10.8 Å². The summed E-state index contributed by atoms with van der Waals surface area (Å²) in [5.41, 5.74) is 0. The van der Waals surface area contributed by atoms with Gasteiger partial charge in [-0.3, -0.25) is 0 Å². The van der Waals surface area contributed by atoms with Gasteiger partial charge in [0.15, 0.2) is 0 Å². The summed E-state index contributed by atoms with van der Waals surface area (Å²) in [6.07, 6.45) is 12.9. The summed E-state index contributed by atoms with van der Waals surface area (Å²) in [5.74, 6) is 1.66. The largest absolute Gasteiger partial charge is 0.598 e. The monoisotopic (exact) mass is 338 g/mol. The molecule has 2 aliphatic carbocycles. The summed E-state index contributed by atoms with van der Waals surface area (Å²) >= 11 is -1.17. The maximum atomic E-state index is 12.6. The van der Waals surface area contributed by atoms with Crippen molar-refractivity contribution >= 4 is 11.4 Å². The van der Waals surface area contributed by atoms with Crippen LogP contribution in [0.15, 0.2) is 0 Å². The highest BCUT2D eigenvalue weighted by Crippen LogP contribution is 2.42. The first-order valence-corrected chi connectivity index (χ1v) is 10.7. The first kappa shape index (κ1) is 19.1. The quantitative estimate of drug-likeness (QED) is 0.739. The van der Waals surface area contributed by atoms with E-state index in [1.165, 1.54) is 64.2 Å². The van der Waals surface area contributed by atoms with Gasteiger partial charge in [-0.1, -0.05) is 64.2 Å². The van der Waals surface area contributed by atoms with E-state index in [9.17, 15) is 9.81 Å². The van der Waals surface area contributed by atoms with Gasteiger partial charge >= 0.3 is 0 Å². The summed E-state index contributed by atoms with van der Waals surface area (Å²) in [6, 6.07) is 2.23. The average Bonchev–Trinajstić information content (AvgIpc) is 2.55. The molecule has 0 spiro atoms. The molecule has 0 bridgehead atoms. The highest BCUT2D eigenvalue weighted by Gasteiger charge is 2.40. The molecule has 132 valence electrons. The molecule has 2 rings (SSSR count). The van der Waals surface area contributed by atoms with Crippen molar-refractivity contribution in [3.05, 3.63) is 0 Å². The molecular weight excluding hydrogens is 304 g/mol. The molecule has 0 amide bonds. The zero-order valence-electron chi connectivity index (χ0n) is 15.1. The molecule has 0 aromatic carbocycles. The summed E-state index contributed by atoms with van der Waals surface area (Å²) in [6.45, 7) is 5.92. The van der Waals surface area contributed by atoms with Crippen molar-refractivity contribution in [2.75, 3.05) is 0 Å². The van der Waals surface area contributed by atoms with Crippen LogP contribution >= 0.6 is 0 Å². The van der Waals surface area contributed by atoms with E-state index in [0.29, 0.717) is 17.8 Å². The van der Waals surface area contributed by atoms with E-state index in [1.54, 1.807) is 0 Å². The molecule has 1 unspecified atom stereocenters. The first-order chi connectivity index (χ1) is 10.9. The molecule has 0 aromatic heterocycles. The SMILES string of the molecule is CC(C)(C)[S+]([O-])N[C@H](C#N)C(C1CCCCC1)C1CCCCC1. The Morgan fingerprint density at radius 2 is 1.39 bits per heavy atom. The standard InChI is InChI=1S/C19H34N2OS/c1-19(2,3)23(22)21-17(14-20)18(15-10-6-4-7-11-15)16-12-8-5-9-13-16/h15-18,21H,4-13H2,1-3H3/t17-,23?/m1/s1. The highest BCUT2D eigenvalue weighted by molar-refractivity contribution is 7.90. The van der Waals surface area contributed by atoms with Gasteiger partial charge in [-0.05, 0) is 38.5 Å². The Bertz CT molecular complexity index is 371. The van der Waals surface area contributed by atoms with Crippen molar-refractivity contribution < 1.29 is 4.55 Å². The van der Waals surface area contributed by atoms with Gasteiger partial charge in [-0.15, -0.1) is 4.72 Å². The second-order valence-corrected chi connectivity index (χ2v) is 10.5. The molecule has 0 aliphatic heterocycles. The van der Waals surface area contributed by atoms with Crippen LogP contribution in [0.25, 0.3) is 0 Å². The van der Waals surface area contributed by atoms with Gasteiger partial charge in [0.1, 0.15) is 10.8 Å². The molecule has 0 aromatic rings. The maximum Gasteiger partial charge on any atom is 0.142 e. The summed E-state index contributed by atoms with van der Waals surface area (Å²) in [4.78, 5) is 0. The van der Waals surface area contributed by atoms with Crippen LogP contribution in [-0.4, -0.2) is 15.3 Å². The van der Waals surface area contributed by atoms with E-state index in [1.807, 2.05) is 20.8 Å². The number of hydrogen-bond donors (Lipinski definition) is 1. The smallest absolute Gasteiger partial charge is 0.142 e. The number of nitrogens with one attached hydrogen (secondary N) is 1. The fourth-order valence-corrected chi connectivity index (χ4v) is 5.24. The van der Waals surface area contributed by atoms with Crippen LogP contribution in [0.1, 0.15) is 85.0 Å². The first-order valence-electron chi connectivity index (χ1n) is 9.51. The third kappa shape index (κ3) is 5.37. The van der Waals surface area contributed by atoms with E-state index >= 15 is 0 Å². The van der Waals surface area contributed by atoms with Gasteiger partial charge in [-0.25, -0.2) is 0 Å². The van der Waals surface area contributed by atoms with Gasteiger partial charge in [0.25, 0.3) is 0 Å². The number of hydrogen-bond acceptors (Lipinski definition) is 3. The molecule has 2 saturated carbocycles. The predicted molar refractivity (Wildman–Crippen MR) is 97.1 cm³/mol. The lowest BCUT2D eigenvalue weighted by Gasteiger charge is -2.40. The van der Waals surface area contributed by atoms with Gasteiger partial charge in [-0.2, -0.15) is 5.26 Å². The lowest BCUT2D eigenvalue weighted by molar-refractivity contribution is 0.128. The average molecular weight is 339 g/mol. The fourth-order valence-electron chi connectivity index (χ4n) is 4.45. The lowest BCUT2D eigenvalue weighted by Crippen LogP contribution is -2.50. The Hall–Kier alpha value is -0.240. The topological polar surface area (TPSA) is 58.9 Å². The number of rotatable bonds is 5. The molecule has 23 heavy (non-hydrogen) atoms. The lowest BCUT2D eigenvalue weighted by atomic mass is 9.67. The molecule has 0 heterocycles. The predicted octanol–water partition coefficient (Wildman–Crippen LogP) is 4.71. The Labute approximate surface area is 145 Å². The summed E-state index contributed by atoms with van der Waals surface area (Å²) < 4.78 is 15.4. The molecule has 2 fully saturated rings. The molecule has 2 atom stereocenters. The summed E-state index contributed by atoms with van der Waals surface area (Å²) in [5, 5.41) is 9.83. The van der Waals surface area contributed by atoms with Gasteiger partial charge in [0.05, 0.1) is 6.07 Å². The third-order valence-corrected chi connectivity index (χ3v) is 7.28. The molecule has 0 radical (unpaired) electrons. The second kappa shape index (κ2) is 8.74. The highest BCUT2D eigenvalue weighted by atomic mass is 32.2. The molecule has 3 nitrogen and oxygen atoms in total. The molecule has 1 N–H and O–H groups in total. The van der Waals surface area contributed by atoms with Crippen LogP contribution in [0.3, 0.4) is 0 Å². The Morgan fingerprint density at radius 1 is 0.957 bits per heavy atom. The fraction of sp³-hybridized carbons (Fsp3) is 0.947. The normalized spacial score (nSPS) is 24.3. The Morgan fingerprint density at radius 3 is 1.74 bits per heavy atom. The third-order valence-electron chi connectivity index (χ3n) is 5.70. The van der Waals surface area contributed by atoms with Crippen molar-refractivity contribution in [3.8, 4) is 6.07 Å². The van der Waals surface area contributed by atoms with Gasteiger partial charge < -0.3 is 4.55 Å². The number of nitriles is 1. The van der Waals surface area contributed by atoms with E-state index < -0.39 is 11.4 Å². The second-order valence-electron chi connectivity index (χ2n) is 8.48. The van der Waals surface area contributed by atoms with Crippen LogP contribution < -0.4 is 4.72 Å². The zero-order chi connectivity index (χ0) is 16.9. The molecule has 0 saturated heterocycles. The van der Waals surface area contributed by atoms with E-state index in [-0.39, 0.29) is 10.8 Å². The minimum Gasteiger partial charge on any atom is -0.598 e. The molecule has 2 aliphatic rings. The van der Waals surface area contributed by atoms with Crippen molar-refractivity contribution in [2.45, 2.75) is 95.8 Å². The van der Waals surface area contributed by atoms with E-state index in [0.717, 1.165) is 0 Å². The zero-order valence-corrected chi connectivity index (χ0v) is 16.0. The van der Waals surface area contributed by atoms with Gasteiger partial charge in [0, 0.05) is 11.4 Å². The van der Waals surface area contributed by atoms with Crippen LogP contribution in [0, 0.1) is 29.1 Å². The van der Waals surface area contributed by atoms with Crippen LogP contribution in [0.4, 0.5) is 0 Å². The van der Waals surface area contributed by atoms with Crippen molar-refractivity contribution in [2.24, 2.45) is 17.8 Å². The van der Waals surface area contributed by atoms with Gasteiger partial charge in [0.2, 0.25) is 0 Å². The van der Waals surface area contributed by atoms with Crippen LogP contribution in [0.2, 0.25) is 0 Å². The minimum atomic E-state index is -1.17. The van der Waals surface area contributed by atoms with Crippen LogP contribution in [-0.2, 0) is 11.4 Å². The molecule has 4 heteroatoms. The Kier molecular flexibility index (Phi) is 7.25. The maximum absolute atomic E-state index is 12.6. The van der Waals surface area contributed by atoms with Crippen molar-refractivity contribution in [1.82, 2.24) is 4.72 Å².